The Bertz CT molecular complexity index is 623. The van der Waals surface area contributed by atoms with Crippen molar-refractivity contribution in [1.29, 1.82) is 0 Å². The standard InChI is InChI=1S/C16H20N2O3S/c1-11-6-14(21-17-11)7-13-8-18(9-15(13)19)16(20)3-2-12-4-5-22-10-12/h4-6,10,13,15,19H,2-3,7-9H2,1H3/t13-,15+/m1/s1. The Balaban J connectivity index is 1.52. The lowest BCUT2D eigenvalue weighted by Crippen LogP contribution is -2.29. The van der Waals surface area contributed by atoms with E-state index in [0.29, 0.717) is 25.9 Å². The van der Waals surface area contributed by atoms with Gasteiger partial charge in [0.05, 0.1) is 11.8 Å². The van der Waals surface area contributed by atoms with Gasteiger partial charge in [0.1, 0.15) is 5.76 Å². The van der Waals surface area contributed by atoms with Crippen LogP contribution in [0.2, 0.25) is 0 Å². The first-order chi connectivity index (χ1) is 10.6. The van der Waals surface area contributed by atoms with Crippen LogP contribution in [-0.2, 0) is 17.6 Å². The SMILES string of the molecule is Cc1cc(C[C@@H]2CN(C(=O)CCc3ccsc3)C[C@@H]2O)on1. The van der Waals surface area contributed by atoms with Crippen molar-refractivity contribution in [3.8, 4) is 0 Å². The van der Waals surface area contributed by atoms with Gasteiger partial charge >= 0.3 is 0 Å². The number of aromatic nitrogens is 1. The predicted molar refractivity (Wildman–Crippen MR) is 83.7 cm³/mol. The van der Waals surface area contributed by atoms with E-state index in [0.717, 1.165) is 17.9 Å². The van der Waals surface area contributed by atoms with Gasteiger partial charge < -0.3 is 14.5 Å². The Kier molecular flexibility index (Phi) is 4.59. The number of thiophene rings is 1. The van der Waals surface area contributed by atoms with Gasteiger partial charge in [-0.25, -0.2) is 0 Å². The molecule has 1 saturated heterocycles. The molecule has 1 fully saturated rings. The predicted octanol–water partition coefficient (Wildman–Crippen LogP) is 2.04. The third-order valence-electron chi connectivity index (χ3n) is 4.11. The monoisotopic (exact) mass is 320 g/mol. The summed E-state index contributed by atoms with van der Waals surface area (Å²) in [5.74, 6) is 0.910. The maximum atomic E-state index is 12.3. The van der Waals surface area contributed by atoms with Gasteiger partial charge in [0.15, 0.2) is 0 Å². The Hall–Kier alpha value is -1.66. The fourth-order valence-electron chi connectivity index (χ4n) is 2.87. The smallest absolute Gasteiger partial charge is 0.223 e. The number of carbonyl (C=O) groups is 1. The molecule has 118 valence electrons. The van der Waals surface area contributed by atoms with E-state index in [1.165, 1.54) is 5.56 Å². The molecule has 6 heteroatoms. The molecule has 2 aromatic heterocycles. The number of aryl methyl sites for hydroxylation is 2. The van der Waals surface area contributed by atoms with Crippen molar-refractivity contribution in [3.05, 3.63) is 39.9 Å². The molecule has 3 rings (SSSR count). The topological polar surface area (TPSA) is 66.6 Å². The van der Waals surface area contributed by atoms with E-state index < -0.39 is 6.10 Å². The summed E-state index contributed by atoms with van der Waals surface area (Å²) in [6.07, 6.45) is 1.39. The van der Waals surface area contributed by atoms with Crippen LogP contribution >= 0.6 is 11.3 Å². The Morgan fingerprint density at radius 2 is 2.41 bits per heavy atom. The third kappa shape index (κ3) is 3.56. The summed E-state index contributed by atoms with van der Waals surface area (Å²) in [5, 5.41) is 18.1. The van der Waals surface area contributed by atoms with Crippen molar-refractivity contribution in [2.75, 3.05) is 13.1 Å². The Morgan fingerprint density at radius 1 is 1.55 bits per heavy atom. The number of carbonyl (C=O) groups excluding carboxylic acids is 1. The zero-order chi connectivity index (χ0) is 15.5. The van der Waals surface area contributed by atoms with Gasteiger partial charge in [-0.2, -0.15) is 11.3 Å². The summed E-state index contributed by atoms with van der Waals surface area (Å²) < 4.78 is 5.20. The van der Waals surface area contributed by atoms with Crippen molar-refractivity contribution in [2.45, 2.75) is 32.3 Å². The lowest BCUT2D eigenvalue weighted by molar-refractivity contribution is -0.130. The van der Waals surface area contributed by atoms with Crippen LogP contribution in [0.1, 0.15) is 23.4 Å². The number of hydrogen-bond acceptors (Lipinski definition) is 5. The van der Waals surface area contributed by atoms with Crippen LogP contribution in [0.5, 0.6) is 0 Å². The van der Waals surface area contributed by atoms with Crippen molar-refractivity contribution in [3.63, 3.8) is 0 Å². The molecule has 0 bridgehead atoms. The number of amides is 1. The van der Waals surface area contributed by atoms with Crippen molar-refractivity contribution in [2.24, 2.45) is 5.92 Å². The molecule has 0 aromatic carbocycles. The minimum atomic E-state index is -0.490. The first-order valence-electron chi connectivity index (χ1n) is 7.51. The van der Waals surface area contributed by atoms with Crippen LogP contribution < -0.4 is 0 Å². The number of β-amino-alcohol motifs (C(OH)–C–C–N with tert-alkyl or cyclic N) is 1. The van der Waals surface area contributed by atoms with Gasteiger partial charge in [-0.05, 0) is 35.7 Å². The zero-order valence-corrected chi connectivity index (χ0v) is 13.4. The summed E-state index contributed by atoms with van der Waals surface area (Å²) in [6.45, 7) is 2.88. The van der Waals surface area contributed by atoms with Gasteiger partial charge in [0.2, 0.25) is 5.91 Å². The highest BCUT2D eigenvalue weighted by molar-refractivity contribution is 7.07. The lowest BCUT2D eigenvalue weighted by atomic mass is 10.0. The van der Waals surface area contributed by atoms with Crippen LogP contribution in [0.25, 0.3) is 0 Å². The zero-order valence-electron chi connectivity index (χ0n) is 12.6. The number of aliphatic hydroxyl groups excluding tert-OH is 1. The van der Waals surface area contributed by atoms with Gasteiger partial charge in [0, 0.05) is 37.9 Å². The fraction of sp³-hybridized carbons (Fsp3) is 0.500. The third-order valence-corrected chi connectivity index (χ3v) is 4.84. The summed E-state index contributed by atoms with van der Waals surface area (Å²) in [7, 11) is 0. The van der Waals surface area contributed by atoms with E-state index in [4.69, 9.17) is 4.52 Å². The second-order valence-corrected chi connectivity index (χ2v) is 6.68. The summed E-state index contributed by atoms with van der Waals surface area (Å²) in [4.78, 5) is 14.0. The number of rotatable bonds is 5. The average Bonchev–Trinajstić information content (AvgIpc) is 3.20. The molecule has 1 N–H and O–H groups in total. The number of hydrogen-bond donors (Lipinski definition) is 1. The number of aliphatic hydroxyl groups is 1. The molecule has 0 spiro atoms. The first kappa shape index (κ1) is 15.2. The Labute approximate surface area is 133 Å². The summed E-state index contributed by atoms with van der Waals surface area (Å²) >= 11 is 1.65. The van der Waals surface area contributed by atoms with E-state index in [-0.39, 0.29) is 11.8 Å². The molecule has 3 heterocycles. The van der Waals surface area contributed by atoms with Crippen LogP contribution in [0.15, 0.2) is 27.4 Å². The molecular formula is C16H20N2O3S. The minimum Gasteiger partial charge on any atom is -0.391 e. The van der Waals surface area contributed by atoms with E-state index in [9.17, 15) is 9.90 Å². The van der Waals surface area contributed by atoms with Gasteiger partial charge in [-0.15, -0.1) is 0 Å². The van der Waals surface area contributed by atoms with Crippen LogP contribution in [0.3, 0.4) is 0 Å². The van der Waals surface area contributed by atoms with Gasteiger partial charge in [-0.1, -0.05) is 5.16 Å². The molecule has 0 radical (unpaired) electrons. The molecule has 2 atom stereocenters. The molecule has 2 aromatic rings. The maximum absolute atomic E-state index is 12.3. The molecule has 1 aliphatic rings. The molecule has 1 aliphatic heterocycles. The van der Waals surface area contributed by atoms with E-state index in [2.05, 4.69) is 10.5 Å². The number of likely N-dealkylation sites (tertiary alicyclic amines) is 1. The van der Waals surface area contributed by atoms with Crippen molar-refractivity contribution >= 4 is 17.2 Å². The molecule has 0 unspecified atom stereocenters. The number of nitrogens with zero attached hydrogens (tertiary/aromatic N) is 2. The highest BCUT2D eigenvalue weighted by Crippen LogP contribution is 2.23. The highest BCUT2D eigenvalue weighted by Gasteiger charge is 2.34. The quantitative estimate of drug-likeness (QED) is 0.915. The highest BCUT2D eigenvalue weighted by atomic mass is 32.1. The maximum Gasteiger partial charge on any atom is 0.223 e. The van der Waals surface area contributed by atoms with Crippen molar-refractivity contribution in [1.82, 2.24) is 10.1 Å². The normalized spacial score (nSPS) is 21.5. The molecule has 5 nitrogen and oxygen atoms in total. The second-order valence-electron chi connectivity index (χ2n) is 5.90. The molecule has 22 heavy (non-hydrogen) atoms. The summed E-state index contributed by atoms with van der Waals surface area (Å²) in [6, 6.07) is 3.93. The molecule has 1 amide bonds. The average molecular weight is 320 g/mol. The van der Waals surface area contributed by atoms with Gasteiger partial charge in [0.25, 0.3) is 0 Å². The van der Waals surface area contributed by atoms with Crippen LogP contribution in [0, 0.1) is 12.8 Å². The van der Waals surface area contributed by atoms with Gasteiger partial charge in [-0.3, -0.25) is 4.79 Å². The van der Waals surface area contributed by atoms with E-state index in [1.807, 2.05) is 24.4 Å². The van der Waals surface area contributed by atoms with Crippen molar-refractivity contribution < 1.29 is 14.4 Å². The Morgan fingerprint density at radius 3 is 3.09 bits per heavy atom. The van der Waals surface area contributed by atoms with E-state index in [1.54, 1.807) is 16.2 Å². The van der Waals surface area contributed by atoms with E-state index >= 15 is 0 Å². The summed E-state index contributed by atoms with van der Waals surface area (Å²) in [5.41, 5.74) is 2.04. The first-order valence-corrected chi connectivity index (χ1v) is 8.45. The second kappa shape index (κ2) is 6.62. The van der Waals surface area contributed by atoms with Crippen LogP contribution in [0.4, 0.5) is 0 Å². The molecular weight excluding hydrogens is 300 g/mol. The lowest BCUT2D eigenvalue weighted by Gasteiger charge is -2.15. The van der Waals surface area contributed by atoms with Crippen LogP contribution in [-0.4, -0.2) is 40.3 Å². The molecule has 0 saturated carbocycles. The fourth-order valence-corrected chi connectivity index (χ4v) is 3.58. The molecule has 0 aliphatic carbocycles. The minimum absolute atomic E-state index is 0.0254. The largest absolute Gasteiger partial charge is 0.391 e.